The van der Waals surface area contributed by atoms with Gasteiger partial charge in [-0.05, 0) is 18.4 Å². The third kappa shape index (κ3) is 2.02. The highest BCUT2D eigenvalue weighted by Crippen LogP contribution is 2.43. The first kappa shape index (κ1) is 12.9. The van der Waals surface area contributed by atoms with Crippen molar-refractivity contribution in [3.63, 3.8) is 0 Å². The fourth-order valence-electron chi connectivity index (χ4n) is 3.09. The third-order valence-electron chi connectivity index (χ3n) is 4.11. The monoisotopic (exact) mass is 260 g/mol. The minimum atomic E-state index is -0.881. The lowest BCUT2D eigenvalue weighted by Gasteiger charge is -2.33. The number of allylic oxidation sites excluding steroid dienone is 1. The molecule has 1 aliphatic heterocycles. The molecule has 1 N–H and O–H groups in total. The molecule has 102 valence electrons. The molecule has 0 aromatic heterocycles. The Labute approximate surface area is 113 Å². The van der Waals surface area contributed by atoms with E-state index in [1.54, 1.807) is 0 Å². The molecule has 1 fully saturated rings. The molecule has 19 heavy (non-hydrogen) atoms. The molecule has 3 heteroatoms. The lowest BCUT2D eigenvalue weighted by atomic mass is 9.85. The SMILES string of the molecule is CCC1(c2ccccc2C2(O)C=CCC2)OCCO1. The van der Waals surface area contributed by atoms with Gasteiger partial charge in [0.05, 0.1) is 13.2 Å². The second-order valence-electron chi connectivity index (χ2n) is 5.21. The summed E-state index contributed by atoms with van der Waals surface area (Å²) in [5.41, 5.74) is 0.991. The number of hydrogen-bond acceptors (Lipinski definition) is 3. The molecule has 1 heterocycles. The van der Waals surface area contributed by atoms with Crippen LogP contribution in [0.5, 0.6) is 0 Å². The summed E-state index contributed by atoms with van der Waals surface area (Å²) in [6.07, 6.45) is 6.30. The summed E-state index contributed by atoms with van der Waals surface area (Å²) in [5.74, 6) is -0.692. The van der Waals surface area contributed by atoms with Crippen LogP contribution in [0, 0.1) is 0 Å². The highest BCUT2D eigenvalue weighted by molar-refractivity contribution is 5.40. The van der Waals surface area contributed by atoms with Crippen LogP contribution in [0.25, 0.3) is 0 Å². The minimum absolute atomic E-state index is 0.608. The fourth-order valence-corrected chi connectivity index (χ4v) is 3.09. The lowest BCUT2D eigenvalue weighted by molar-refractivity contribution is -0.169. The molecule has 0 saturated carbocycles. The molecule has 0 radical (unpaired) electrons. The standard InChI is InChI=1S/C16H20O3/c1-2-16(18-11-12-19-16)14-8-4-3-7-13(14)15(17)9-5-6-10-15/h3-5,7-9,17H,2,6,10-12H2,1H3. The summed E-state index contributed by atoms with van der Waals surface area (Å²) in [7, 11) is 0. The average Bonchev–Trinajstić information content (AvgIpc) is 3.09. The van der Waals surface area contributed by atoms with Crippen LogP contribution < -0.4 is 0 Å². The molecule has 0 bridgehead atoms. The molecule has 3 rings (SSSR count). The molecule has 1 aliphatic carbocycles. The summed E-state index contributed by atoms with van der Waals surface area (Å²) in [6.45, 7) is 3.27. The van der Waals surface area contributed by atoms with Crippen LogP contribution in [0.4, 0.5) is 0 Å². The Bertz CT molecular complexity index is 489. The second kappa shape index (κ2) is 4.75. The van der Waals surface area contributed by atoms with Gasteiger partial charge in [-0.15, -0.1) is 0 Å². The summed E-state index contributed by atoms with van der Waals surface area (Å²) < 4.78 is 11.7. The molecule has 1 unspecified atom stereocenters. The van der Waals surface area contributed by atoms with E-state index in [9.17, 15) is 5.11 Å². The van der Waals surface area contributed by atoms with Crippen LogP contribution in [-0.4, -0.2) is 18.3 Å². The van der Waals surface area contributed by atoms with Crippen LogP contribution in [-0.2, 0) is 20.9 Å². The quantitative estimate of drug-likeness (QED) is 0.849. The molecule has 1 aromatic rings. The van der Waals surface area contributed by atoms with Gasteiger partial charge in [0.25, 0.3) is 0 Å². The van der Waals surface area contributed by atoms with Gasteiger partial charge in [0.2, 0.25) is 0 Å². The molecular weight excluding hydrogens is 240 g/mol. The third-order valence-corrected chi connectivity index (χ3v) is 4.11. The van der Waals surface area contributed by atoms with E-state index in [1.807, 2.05) is 36.4 Å². The number of aliphatic hydroxyl groups is 1. The van der Waals surface area contributed by atoms with Gasteiger partial charge in [-0.25, -0.2) is 0 Å². The van der Waals surface area contributed by atoms with E-state index >= 15 is 0 Å². The molecule has 0 spiro atoms. The Balaban J connectivity index is 2.09. The molecule has 2 aliphatic rings. The first-order valence-corrected chi connectivity index (χ1v) is 6.98. The van der Waals surface area contributed by atoms with Gasteiger partial charge in [0, 0.05) is 12.0 Å². The largest absolute Gasteiger partial charge is 0.381 e. The van der Waals surface area contributed by atoms with Crippen LogP contribution in [0.3, 0.4) is 0 Å². The molecule has 1 atom stereocenters. The van der Waals surface area contributed by atoms with Gasteiger partial charge in [-0.2, -0.15) is 0 Å². The fraction of sp³-hybridized carbons (Fsp3) is 0.500. The second-order valence-corrected chi connectivity index (χ2v) is 5.21. The van der Waals surface area contributed by atoms with E-state index in [0.717, 1.165) is 30.4 Å². The Morgan fingerprint density at radius 3 is 2.42 bits per heavy atom. The van der Waals surface area contributed by atoms with E-state index < -0.39 is 11.4 Å². The average molecular weight is 260 g/mol. The molecular formula is C16H20O3. The predicted octanol–water partition coefficient (Wildman–Crippen LogP) is 2.83. The van der Waals surface area contributed by atoms with Gasteiger partial charge >= 0.3 is 0 Å². The van der Waals surface area contributed by atoms with Crippen LogP contribution in [0.2, 0.25) is 0 Å². The van der Waals surface area contributed by atoms with Gasteiger partial charge in [-0.3, -0.25) is 0 Å². The maximum absolute atomic E-state index is 10.8. The van der Waals surface area contributed by atoms with Gasteiger partial charge < -0.3 is 14.6 Å². The Hall–Kier alpha value is -1.16. The maximum atomic E-state index is 10.8. The van der Waals surface area contributed by atoms with Crippen molar-refractivity contribution in [2.45, 2.75) is 37.6 Å². The van der Waals surface area contributed by atoms with Crippen molar-refractivity contribution in [1.29, 1.82) is 0 Å². The van der Waals surface area contributed by atoms with Crippen molar-refractivity contribution in [2.24, 2.45) is 0 Å². The maximum Gasteiger partial charge on any atom is 0.195 e. The van der Waals surface area contributed by atoms with Crippen molar-refractivity contribution in [3.05, 3.63) is 47.5 Å². The summed E-state index contributed by atoms with van der Waals surface area (Å²) >= 11 is 0. The Morgan fingerprint density at radius 2 is 1.84 bits per heavy atom. The summed E-state index contributed by atoms with van der Waals surface area (Å²) in [5, 5.41) is 10.8. The van der Waals surface area contributed by atoms with Crippen molar-refractivity contribution in [1.82, 2.24) is 0 Å². The Morgan fingerprint density at radius 1 is 1.16 bits per heavy atom. The first-order chi connectivity index (χ1) is 9.20. The van der Waals surface area contributed by atoms with Crippen LogP contribution in [0.1, 0.15) is 37.3 Å². The van der Waals surface area contributed by atoms with Gasteiger partial charge in [0.15, 0.2) is 5.79 Å². The van der Waals surface area contributed by atoms with E-state index in [1.165, 1.54) is 0 Å². The highest BCUT2D eigenvalue weighted by Gasteiger charge is 2.42. The zero-order valence-electron chi connectivity index (χ0n) is 11.3. The zero-order chi connectivity index (χ0) is 13.3. The van der Waals surface area contributed by atoms with Crippen molar-refractivity contribution < 1.29 is 14.6 Å². The summed E-state index contributed by atoms with van der Waals surface area (Å²) in [4.78, 5) is 0. The van der Waals surface area contributed by atoms with Crippen molar-refractivity contribution >= 4 is 0 Å². The minimum Gasteiger partial charge on any atom is -0.381 e. The van der Waals surface area contributed by atoms with Gasteiger partial charge in [0.1, 0.15) is 5.60 Å². The normalized spacial score (nSPS) is 28.9. The zero-order valence-corrected chi connectivity index (χ0v) is 11.3. The van der Waals surface area contributed by atoms with Crippen molar-refractivity contribution in [2.75, 3.05) is 13.2 Å². The molecule has 0 amide bonds. The van der Waals surface area contributed by atoms with Crippen LogP contribution >= 0.6 is 0 Å². The van der Waals surface area contributed by atoms with E-state index in [2.05, 4.69) is 6.92 Å². The number of benzene rings is 1. The van der Waals surface area contributed by atoms with Crippen LogP contribution in [0.15, 0.2) is 36.4 Å². The Kier molecular flexibility index (Phi) is 3.21. The topological polar surface area (TPSA) is 38.7 Å². The van der Waals surface area contributed by atoms with Gasteiger partial charge in [-0.1, -0.05) is 43.3 Å². The first-order valence-electron chi connectivity index (χ1n) is 6.98. The van der Waals surface area contributed by atoms with E-state index in [4.69, 9.17) is 9.47 Å². The molecule has 1 aromatic carbocycles. The number of rotatable bonds is 3. The summed E-state index contributed by atoms with van der Waals surface area (Å²) in [6, 6.07) is 7.92. The van der Waals surface area contributed by atoms with Crippen molar-refractivity contribution in [3.8, 4) is 0 Å². The molecule has 3 nitrogen and oxygen atoms in total. The number of ether oxygens (including phenoxy) is 2. The molecule has 1 saturated heterocycles. The smallest absolute Gasteiger partial charge is 0.195 e. The van der Waals surface area contributed by atoms with E-state index in [-0.39, 0.29) is 0 Å². The predicted molar refractivity (Wildman–Crippen MR) is 72.6 cm³/mol. The van der Waals surface area contributed by atoms with E-state index in [0.29, 0.717) is 13.2 Å². The lowest BCUT2D eigenvalue weighted by Crippen LogP contribution is -2.32. The highest BCUT2D eigenvalue weighted by atomic mass is 16.7. The number of hydrogen-bond donors (Lipinski definition) is 1.